The molecular formula is C19H20ClNO3. The first kappa shape index (κ1) is 16.8. The van der Waals surface area contributed by atoms with Gasteiger partial charge in [-0.15, -0.1) is 0 Å². The zero-order chi connectivity index (χ0) is 17.4. The molecule has 1 aliphatic carbocycles. The van der Waals surface area contributed by atoms with E-state index >= 15 is 0 Å². The summed E-state index contributed by atoms with van der Waals surface area (Å²) in [5, 5.41) is 0.668. The van der Waals surface area contributed by atoms with Gasteiger partial charge in [0.1, 0.15) is 5.69 Å². The fraction of sp³-hybridized carbons (Fsp3) is 0.368. The van der Waals surface area contributed by atoms with Crippen LogP contribution in [-0.4, -0.2) is 22.8 Å². The van der Waals surface area contributed by atoms with E-state index in [2.05, 4.69) is 4.98 Å². The van der Waals surface area contributed by atoms with E-state index in [1.165, 1.54) is 0 Å². The second-order valence-corrected chi connectivity index (χ2v) is 6.89. The Balaban J connectivity index is 1.96. The minimum atomic E-state index is -0.418. The zero-order valence-corrected chi connectivity index (χ0v) is 14.7. The van der Waals surface area contributed by atoms with E-state index in [1.807, 2.05) is 24.3 Å². The fourth-order valence-electron chi connectivity index (χ4n) is 3.34. The average molecular weight is 346 g/mol. The largest absolute Gasteiger partial charge is 0.458 e. The second-order valence-electron chi connectivity index (χ2n) is 6.48. The van der Waals surface area contributed by atoms with E-state index in [0.717, 1.165) is 11.3 Å². The van der Waals surface area contributed by atoms with Gasteiger partial charge in [-0.2, -0.15) is 0 Å². The number of aromatic nitrogens is 1. The quantitative estimate of drug-likeness (QED) is 0.836. The van der Waals surface area contributed by atoms with Crippen LogP contribution in [-0.2, 0) is 11.2 Å². The number of benzene rings is 1. The third-order valence-corrected chi connectivity index (χ3v) is 4.72. The van der Waals surface area contributed by atoms with Gasteiger partial charge < -0.3 is 9.72 Å². The highest BCUT2D eigenvalue weighted by atomic mass is 35.5. The van der Waals surface area contributed by atoms with Crippen molar-refractivity contribution in [2.24, 2.45) is 0 Å². The maximum Gasteiger partial charge on any atom is 0.355 e. The predicted molar refractivity (Wildman–Crippen MR) is 92.9 cm³/mol. The average Bonchev–Trinajstić information content (AvgIpc) is 2.84. The Kier molecular flexibility index (Phi) is 4.50. The third kappa shape index (κ3) is 2.98. The maximum absolute atomic E-state index is 12.6. The summed E-state index contributed by atoms with van der Waals surface area (Å²) in [4.78, 5) is 28.0. The first-order chi connectivity index (χ1) is 11.4. The lowest BCUT2D eigenvalue weighted by atomic mass is 9.81. The van der Waals surface area contributed by atoms with Crippen LogP contribution >= 0.6 is 11.6 Å². The molecule has 1 N–H and O–H groups in total. The van der Waals surface area contributed by atoms with Crippen LogP contribution in [0.3, 0.4) is 0 Å². The van der Waals surface area contributed by atoms with Gasteiger partial charge in [-0.3, -0.25) is 4.79 Å². The van der Waals surface area contributed by atoms with Gasteiger partial charge in [-0.25, -0.2) is 4.79 Å². The molecule has 24 heavy (non-hydrogen) atoms. The molecule has 0 radical (unpaired) electrons. The van der Waals surface area contributed by atoms with Gasteiger partial charge in [0.15, 0.2) is 5.78 Å². The molecule has 0 fully saturated rings. The number of carbonyl (C=O) groups is 2. The van der Waals surface area contributed by atoms with Crippen molar-refractivity contribution in [2.45, 2.75) is 45.6 Å². The van der Waals surface area contributed by atoms with Crippen LogP contribution in [0.15, 0.2) is 24.3 Å². The van der Waals surface area contributed by atoms with E-state index in [4.69, 9.17) is 16.3 Å². The van der Waals surface area contributed by atoms with Gasteiger partial charge in [-0.1, -0.05) is 29.8 Å². The summed E-state index contributed by atoms with van der Waals surface area (Å²) in [6.45, 7) is 5.39. The van der Waals surface area contributed by atoms with Crippen LogP contribution in [0.4, 0.5) is 0 Å². The van der Waals surface area contributed by atoms with E-state index in [1.54, 1.807) is 20.8 Å². The summed E-state index contributed by atoms with van der Waals surface area (Å²) >= 11 is 6.28. The van der Waals surface area contributed by atoms with Crippen LogP contribution in [0.2, 0.25) is 5.02 Å². The Morgan fingerprint density at radius 1 is 1.29 bits per heavy atom. The second kappa shape index (κ2) is 6.44. The van der Waals surface area contributed by atoms with Crippen LogP contribution in [0.25, 0.3) is 0 Å². The van der Waals surface area contributed by atoms with Gasteiger partial charge in [0.05, 0.1) is 6.10 Å². The number of rotatable bonds is 3. The molecule has 0 spiro atoms. The fourth-order valence-corrected chi connectivity index (χ4v) is 3.63. The molecule has 4 nitrogen and oxygen atoms in total. The summed E-state index contributed by atoms with van der Waals surface area (Å²) in [7, 11) is 0. The van der Waals surface area contributed by atoms with Crippen molar-refractivity contribution < 1.29 is 14.3 Å². The predicted octanol–water partition coefficient (Wildman–Crippen LogP) is 4.45. The Bertz CT molecular complexity index is 807. The smallest absolute Gasteiger partial charge is 0.355 e. The molecule has 0 amide bonds. The van der Waals surface area contributed by atoms with Gasteiger partial charge in [-0.05, 0) is 50.3 Å². The maximum atomic E-state index is 12.6. The summed E-state index contributed by atoms with van der Waals surface area (Å²) in [5.74, 6) is -0.358. The van der Waals surface area contributed by atoms with E-state index in [0.29, 0.717) is 34.7 Å². The number of hydrogen-bond donors (Lipinski definition) is 1. The third-order valence-electron chi connectivity index (χ3n) is 4.38. The molecule has 0 aliphatic heterocycles. The van der Waals surface area contributed by atoms with Crippen molar-refractivity contribution in [3.8, 4) is 0 Å². The summed E-state index contributed by atoms with van der Waals surface area (Å²) < 4.78 is 5.26. The number of hydrogen-bond acceptors (Lipinski definition) is 3. The molecule has 0 saturated carbocycles. The van der Waals surface area contributed by atoms with Gasteiger partial charge in [0.25, 0.3) is 0 Å². The van der Waals surface area contributed by atoms with Gasteiger partial charge in [0.2, 0.25) is 0 Å². The lowest BCUT2D eigenvalue weighted by Gasteiger charge is -2.22. The Labute approximate surface area is 146 Å². The van der Waals surface area contributed by atoms with Crippen LogP contribution < -0.4 is 0 Å². The molecule has 1 aromatic heterocycles. The molecule has 1 aromatic carbocycles. The van der Waals surface area contributed by atoms with E-state index < -0.39 is 5.97 Å². The van der Waals surface area contributed by atoms with Gasteiger partial charge >= 0.3 is 5.97 Å². The Morgan fingerprint density at radius 3 is 2.67 bits per heavy atom. The minimum Gasteiger partial charge on any atom is -0.458 e. The number of carbonyl (C=O) groups excluding carboxylic acids is 2. The standard InChI is InChI=1S/C19H20ClNO3/c1-10(2)24-19(23)18-11(3)17-15(21-18)8-12(9-16(17)22)13-6-4-5-7-14(13)20/h4-7,10,12,21H,8-9H2,1-3H3. The van der Waals surface area contributed by atoms with E-state index in [9.17, 15) is 9.59 Å². The van der Waals surface area contributed by atoms with Crippen LogP contribution in [0, 0.1) is 6.92 Å². The van der Waals surface area contributed by atoms with Crippen molar-refractivity contribution >= 4 is 23.4 Å². The van der Waals surface area contributed by atoms with Crippen molar-refractivity contribution in [1.82, 2.24) is 4.98 Å². The lowest BCUT2D eigenvalue weighted by molar-refractivity contribution is 0.0370. The number of esters is 1. The van der Waals surface area contributed by atoms with Crippen molar-refractivity contribution in [3.63, 3.8) is 0 Å². The molecule has 1 unspecified atom stereocenters. The van der Waals surface area contributed by atoms with Crippen LogP contribution in [0.5, 0.6) is 0 Å². The number of ether oxygens (including phenoxy) is 1. The SMILES string of the molecule is Cc1c(C(=O)OC(C)C)[nH]c2c1C(=O)CC(c1ccccc1Cl)C2. The number of aromatic amines is 1. The minimum absolute atomic E-state index is 0.0192. The molecule has 1 heterocycles. The van der Waals surface area contributed by atoms with Gasteiger partial charge in [0, 0.05) is 22.7 Å². The first-order valence-electron chi connectivity index (χ1n) is 8.08. The first-order valence-corrected chi connectivity index (χ1v) is 8.46. The molecule has 1 aliphatic rings. The van der Waals surface area contributed by atoms with E-state index in [-0.39, 0.29) is 17.8 Å². The highest BCUT2D eigenvalue weighted by molar-refractivity contribution is 6.31. The summed E-state index contributed by atoms with van der Waals surface area (Å²) in [5.41, 5.74) is 3.45. The molecule has 5 heteroatoms. The topological polar surface area (TPSA) is 59.2 Å². The molecular weight excluding hydrogens is 326 g/mol. The zero-order valence-electron chi connectivity index (χ0n) is 14.0. The highest BCUT2D eigenvalue weighted by Crippen LogP contribution is 2.37. The highest BCUT2D eigenvalue weighted by Gasteiger charge is 2.33. The number of Topliss-reactive ketones (excluding diaryl/α,β-unsaturated/α-hetero) is 1. The number of halogens is 1. The number of H-pyrrole nitrogens is 1. The van der Waals surface area contributed by atoms with Crippen molar-refractivity contribution in [1.29, 1.82) is 0 Å². The van der Waals surface area contributed by atoms with Crippen molar-refractivity contribution in [3.05, 3.63) is 57.4 Å². The molecule has 0 bridgehead atoms. The monoisotopic (exact) mass is 345 g/mol. The molecule has 0 saturated heterocycles. The molecule has 2 aromatic rings. The molecule has 126 valence electrons. The van der Waals surface area contributed by atoms with Crippen LogP contribution in [0.1, 0.15) is 63.9 Å². The Hall–Kier alpha value is -2.07. The summed E-state index contributed by atoms with van der Waals surface area (Å²) in [6.07, 6.45) is 0.845. The Morgan fingerprint density at radius 2 is 2.00 bits per heavy atom. The van der Waals surface area contributed by atoms with Crippen molar-refractivity contribution in [2.75, 3.05) is 0 Å². The normalized spacial score (nSPS) is 17.0. The lowest BCUT2D eigenvalue weighted by Crippen LogP contribution is -2.18. The molecule has 3 rings (SSSR count). The number of nitrogens with one attached hydrogen (secondary N) is 1. The number of ketones is 1. The molecule has 1 atom stereocenters. The summed E-state index contributed by atoms with van der Waals surface area (Å²) in [6, 6.07) is 7.59. The number of fused-ring (bicyclic) bond motifs is 1.